The zero-order valence-corrected chi connectivity index (χ0v) is 24.1. The van der Waals surface area contributed by atoms with Crippen LogP contribution in [0.15, 0.2) is 72.3 Å². The number of benzene rings is 3. The number of ketones is 1. The number of Topliss-reactive ketones (excluding diaryl/α,β-unsaturated/α-hetero) is 1. The molecule has 0 saturated carbocycles. The first-order chi connectivity index (χ1) is 19.0. The summed E-state index contributed by atoms with van der Waals surface area (Å²) in [6, 6.07) is 18.6. The summed E-state index contributed by atoms with van der Waals surface area (Å²) < 4.78 is 16.8. The highest BCUT2D eigenvalue weighted by Crippen LogP contribution is 2.44. The smallest absolute Gasteiger partial charge is 0.300 e. The van der Waals surface area contributed by atoms with Gasteiger partial charge in [-0.1, -0.05) is 46.8 Å². The predicted molar refractivity (Wildman–Crippen MR) is 156 cm³/mol. The number of amides is 1. The Morgan fingerprint density at radius 2 is 1.62 bits per heavy atom. The van der Waals surface area contributed by atoms with Crippen molar-refractivity contribution in [3.8, 4) is 17.2 Å². The Morgan fingerprint density at radius 3 is 2.23 bits per heavy atom. The fourth-order valence-corrected chi connectivity index (χ4v) is 4.79. The van der Waals surface area contributed by atoms with Crippen LogP contribution in [0.3, 0.4) is 0 Å². The molecule has 7 heteroatoms. The molecular formula is C33H37NO6. The molecule has 40 heavy (non-hydrogen) atoms. The molecule has 1 aliphatic rings. The largest absolute Gasteiger partial charge is 0.507 e. The van der Waals surface area contributed by atoms with Gasteiger partial charge in [0.15, 0.2) is 0 Å². The number of carbonyl (C=O) groups is 2. The maximum atomic E-state index is 13.6. The molecule has 0 radical (unpaired) electrons. The van der Waals surface area contributed by atoms with Gasteiger partial charge in [0.1, 0.15) is 23.0 Å². The molecule has 0 bridgehead atoms. The van der Waals surface area contributed by atoms with Gasteiger partial charge in [-0.25, -0.2) is 0 Å². The van der Waals surface area contributed by atoms with Crippen LogP contribution in [-0.4, -0.2) is 37.6 Å². The van der Waals surface area contributed by atoms with Gasteiger partial charge in [0.2, 0.25) is 0 Å². The van der Waals surface area contributed by atoms with E-state index in [-0.39, 0.29) is 16.7 Å². The van der Waals surface area contributed by atoms with E-state index in [2.05, 4.69) is 13.8 Å². The van der Waals surface area contributed by atoms with E-state index >= 15 is 0 Å². The molecule has 1 N–H and O–H groups in total. The lowest BCUT2D eigenvalue weighted by Gasteiger charge is -2.26. The molecule has 1 aliphatic heterocycles. The highest BCUT2D eigenvalue weighted by atomic mass is 16.5. The number of carbonyl (C=O) groups excluding carboxylic acids is 2. The van der Waals surface area contributed by atoms with E-state index in [0.717, 1.165) is 5.56 Å². The fourth-order valence-electron chi connectivity index (χ4n) is 4.79. The lowest BCUT2D eigenvalue weighted by Crippen LogP contribution is -2.29. The van der Waals surface area contributed by atoms with Gasteiger partial charge >= 0.3 is 0 Å². The van der Waals surface area contributed by atoms with Crippen LogP contribution in [-0.2, 0) is 15.0 Å². The summed E-state index contributed by atoms with van der Waals surface area (Å²) in [4.78, 5) is 28.6. The number of aliphatic hydroxyl groups excluding tert-OH is 1. The van der Waals surface area contributed by atoms with Gasteiger partial charge in [0.05, 0.1) is 32.4 Å². The summed E-state index contributed by atoms with van der Waals surface area (Å²) in [5, 5.41) is 11.6. The first-order valence-corrected chi connectivity index (χ1v) is 13.3. The molecule has 7 nitrogen and oxygen atoms in total. The van der Waals surface area contributed by atoms with Crippen molar-refractivity contribution in [2.45, 2.75) is 46.1 Å². The zero-order valence-electron chi connectivity index (χ0n) is 24.1. The first-order valence-electron chi connectivity index (χ1n) is 13.3. The van der Waals surface area contributed by atoms with E-state index in [1.807, 2.05) is 32.9 Å². The van der Waals surface area contributed by atoms with E-state index in [9.17, 15) is 14.7 Å². The van der Waals surface area contributed by atoms with Gasteiger partial charge in [0.25, 0.3) is 11.7 Å². The standard InChI is InChI=1S/C33H37NO6/c1-20(2)19-40-24-14-12-23(13-15-24)34-29(21-9-8-10-25(17-21)38-6)28(31(36)32(34)37)30(35)22-11-16-27(39-7)26(18-22)33(3,4)5/h8-18,20,29,35H,19H2,1-7H3/b30-28-. The summed E-state index contributed by atoms with van der Waals surface area (Å²) in [5.74, 6) is 0.530. The van der Waals surface area contributed by atoms with Gasteiger partial charge in [-0.3, -0.25) is 14.5 Å². The SMILES string of the molecule is COc1cccc(C2/C(=C(/O)c3ccc(OC)c(C(C)(C)C)c3)C(=O)C(=O)N2c2ccc(OCC(C)C)cc2)c1. The van der Waals surface area contributed by atoms with Crippen LogP contribution in [0.5, 0.6) is 17.2 Å². The van der Waals surface area contributed by atoms with Gasteiger partial charge in [-0.2, -0.15) is 0 Å². The summed E-state index contributed by atoms with van der Waals surface area (Å²) in [6.07, 6.45) is 0. The number of hydrogen-bond acceptors (Lipinski definition) is 6. The molecule has 0 aromatic heterocycles. The lowest BCUT2D eigenvalue weighted by atomic mass is 9.84. The molecule has 3 aromatic rings. The van der Waals surface area contributed by atoms with E-state index in [1.54, 1.807) is 68.8 Å². The van der Waals surface area contributed by atoms with E-state index in [4.69, 9.17) is 14.2 Å². The Hall–Kier alpha value is -4.26. The van der Waals surface area contributed by atoms with Gasteiger partial charge in [0, 0.05) is 16.8 Å². The molecular weight excluding hydrogens is 506 g/mol. The van der Waals surface area contributed by atoms with Crippen molar-refractivity contribution >= 4 is 23.1 Å². The summed E-state index contributed by atoms with van der Waals surface area (Å²) in [5.41, 5.74) is 2.14. The van der Waals surface area contributed by atoms with Crippen molar-refractivity contribution in [2.24, 2.45) is 5.92 Å². The normalized spacial score (nSPS) is 16.9. The molecule has 3 aromatic carbocycles. The third-order valence-electron chi connectivity index (χ3n) is 6.83. The Bertz CT molecular complexity index is 1430. The Balaban J connectivity index is 1.88. The molecule has 4 rings (SSSR count). The average Bonchev–Trinajstić information content (AvgIpc) is 3.20. The Kier molecular flexibility index (Phi) is 8.24. The Labute approximate surface area is 236 Å². The van der Waals surface area contributed by atoms with Gasteiger partial charge in [-0.05, 0) is 71.5 Å². The van der Waals surface area contributed by atoms with Crippen molar-refractivity contribution in [3.63, 3.8) is 0 Å². The monoisotopic (exact) mass is 543 g/mol. The summed E-state index contributed by atoms with van der Waals surface area (Å²) >= 11 is 0. The second-order valence-corrected chi connectivity index (χ2v) is 11.3. The van der Waals surface area contributed by atoms with Crippen LogP contribution in [0, 0.1) is 5.92 Å². The van der Waals surface area contributed by atoms with Crippen molar-refractivity contribution in [2.75, 3.05) is 25.7 Å². The van der Waals surface area contributed by atoms with Crippen LogP contribution >= 0.6 is 0 Å². The number of methoxy groups -OCH3 is 2. The maximum absolute atomic E-state index is 13.6. The highest BCUT2D eigenvalue weighted by molar-refractivity contribution is 6.51. The molecule has 0 spiro atoms. The summed E-state index contributed by atoms with van der Waals surface area (Å²) in [6.45, 7) is 10.8. The van der Waals surface area contributed by atoms with Crippen LogP contribution < -0.4 is 19.1 Å². The highest BCUT2D eigenvalue weighted by Gasteiger charge is 2.47. The third-order valence-corrected chi connectivity index (χ3v) is 6.83. The van der Waals surface area contributed by atoms with Gasteiger partial charge < -0.3 is 19.3 Å². The number of rotatable bonds is 8. The number of ether oxygens (including phenoxy) is 3. The first kappa shape index (κ1) is 28.7. The van der Waals surface area contributed by atoms with E-state index in [1.165, 1.54) is 4.90 Å². The minimum Gasteiger partial charge on any atom is -0.507 e. The molecule has 1 unspecified atom stereocenters. The predicted octanol–water partition coefficient (Wildman–Crippen LogP) is 6.66. The van der Waals surface area contributed by atoms with Crippen LogP contribution in [0.2, 0.25) is 0 Å². The number of nitrogens with zero attached hydrogens (tertiary/aromatic N) is 1. The second-order valence-electron chi connectivity index (χ2n) is 11.3. The number of anilines is 1. The Morgan fingerprint density at radius 1 is 0.925 bits per heavy atom. The molecule has 1 saturated heterocycles. The molecule has 0 aliphatic carbocycles. The van der Waals surface area contributed by atoms with Crippen molar-refractivity contribution in [1.29, 1.82) is 0 Å². The minimum atomic E-state index is -0.877. The maximum Gasteiger partial charge on any atom is 0.300 e. The topological polar surface area (TPSA) is 85.3 Å². The second kappa shape index (κ2) is 11.5. The lowest BCUT2D eigenvalue weighted by molar-refractivity contribution is -0.132. The molecule has 210 valence electrons. The van der Waals surface area contributed by atoms with Crippen LogP contribution in [0.1, 0.15) is 57.4 Å². The average molecular weight is 544 g/mol. The van der Waals surface area contributed by atoms with Gasteiger partial charge in [-0.15, -0.1) is 0 Å². The van der Waals surface area contributed by atoms with Crippen LogP contribution in [0.25, 0.3) is 5.76 Å². The van der Waals surface area contributed by atoms with Crippen molar-refractivity contribution in [1.82, 2.24) is 0 Å². The fraction of sp³-hybridized carbons (Fsp3) is 0.333. The van der Waals surface area contributed by atoms with E-state index in [0.29, 0.717) is 46.6 Å². The summed E-state index contributed by atoms with van der Waals surface area (Å²) in [7, 11) is 3.15. The van der Waals surface area contributed by atoms with Crippen molar-refractivity contribution in [3.05, 3.63) is 89.0 Å². The van der Waals surface area contributed by atoms with E-state index < -0.39 is 17.7 Å². The third kappa shape index (κ3) is 5.69. The van der Waals surface area contributed by atoms with Crippen LogP contribution in [0.4, 0.5) is 5.69 Å². The molecule has 1 heterocycles. The minimum absolute atomic E-state index is 0.00316. The zero-order chi connectivity index (χ0) is 29.2. The number of hydrogen-bond donors (Lipinski definition) is 1. The molecule has 1 amide bonds. The van der Waals surface area contributed by atoms with Crippen molar-refractivity contribution < 1.29 is 28.9 Å². The quantitative estimate of drug-likeness (QED) is 0.194. The molecule has 1 atom stereocenters. The molecule has 1 fully saturated rings. The number of aliphatic hydroxyl groups is 1.